The Kier molecular flexibility index (Phi) is 4.95. The third-order valence-electron chi connectivity index (χ3n) is 2.62. The normalized spacial score (nSPS) is 10.3. The number of benzene rings is 1. The van der Waals surface area contributed by atoms with Gasteiger partial charge in [0.1, 0.15) is 12.1 Å². The monoisotopic (exact) mass is 294 g/mol. The van der Waals surface area contributed by atoms with E-state index < -0.39 is 0 Å². The fourth-order valence-electron chi connectivity index (χ4n) is 1.59. The van der Waals surface area contributed by atoms with Crippen LogP contribution in [0, 0.1) is 6.92 Å². The number of carbonyl (C=O) groups excluding carboxylic acids is 1. The molecule has 2 aromatic rings. The van der Waals surface area contributed by atoms with Crippen molar-refractivity contribution >= 4 is 23.5 Å². The topological polar surface area (TPSA) is 79.9 Å². The number of anilines is 1. The van der Waals surface area contributed by atoms with E-state index in [4.69, 9.17) is 16.3 Å². The first-order valence-corrected chi connectivity index (χ1v) is 6.57. The van der Waals surface area contributed by atoms with Gasteiger partial charge in [-0.1, -0.05) is 11.6 Å². The maximum Gasteiger partial charge on any atom is 0.226 e. The number of aryl methyl sites for hydroxylation is 1. The summed E-state index contributed by atoms with van der Waals surface area (Å²) >= 11 is 5.93. The molecule has 0 aliphatic heterocycles. The zero-order chi connectivity index (χ0) is 14.4. The number of hydrogen-bond acceptors (Lipinski definition) is 4. The van der Waals surface area contributed by atoms with Crippen LogP contribution in [0.1, 0.15) is 18.4 Å². The highest BCUT2D eigenvalue weighted by molar-refractivity contribution is 6.31. The maximum absolute atomic E-state index is 11.5. The SMILES string of the molecule is Cc1cc(OCCCC(=O)Nc2ncn[nH]2)ccc1Cl. The first-order chi connectivity index (χ1) is 9.65. The van der Waals surface area contributed by atoms with Crippen LogP contribution < -0.4 is 10.1 Å². The van der Waals surface area contributed by atoms with Crippen molar-refractivity contribution in [1.82, 2.24) is 15.2 Å². The molecule has 0 radical (unpaired) electrons. The maximum atomic E-state index is 11.5. The number of ether oxygens (including phenoxy) is 1. The highest BCUT2D eigenvalue weighted by atomic mass is 35.5. The third-order valence-corrected chi connectivity index (χ3v) is 3.04. The molecule has 0 aliphatic rings. The highest BCUT2D eigenvalue weighted by Gasteiger charge is 2.04. The van der Waals surface area contributed by atoms with E-state index in [0.29, 0.717) is 30.4 Å². The Balaban J connectivity index is 1.68. The molecule has 20 heavy (non-hydrogen) atoms. The van der Waals surface area contributed by atoms with Crippen molar-refractivity contribution in [2.75, 3.05) is 11.9 Å². The van der Waals surface area contributed by atoms with E-state index in [0.717, 1.165) is 11.3 Å². The zero-order valence-electron chi connectivity index (χ0n) is 11.0. The molecule has 1 aromatic carbocycles. The minimum Gasteiger partial charge on any atom is -0.494 e. The summed E-state index contributed by atoms with van der Waals surface area (Å²) in [6, 6.07) is 5.48. The third kappa shape index (κ3) is 4.24. The van der Waals surface area contributed by atoms with Gasteiger partial charge in [0.25, 0.3) is 0 Å². The van der Waals surface area contributed by atoms with Crippen molar-refractivity contribution in [3.8, 4) is 5.75 Å². The Morgan fingerprint density at radius 3 is 3.05 bits per heavy atom. The number of hydrogen-bond donors (Lipinski definition) is 2. The van der Waals surface area contributed by atoms with Crippen molar-refractivity contribution in [2.45, 2.75) is 19.8 Å². The van der Waals surface area contributed by atoms with Gasteiger partial charge in [0.05, 0.1) is 6.61 Å². The van der Waals surface area contributed by atoms with Crippen LogP contribution in [0.3, 0.4) is 0 Å². The lowest BCUT2D eigenvalue weighted by molar-refractivity contribution is -0.116. The Morgan fingerprint density at radius 1 is 1.50 bits per heavy atom. The number of nitrogens with one attached hydrogen (secondary N) is 2. The number of rotatable bonds is 6. The van der Waals surface area contributed by atoms with E-state index in [-0.39, 0.29) is 5.91 Å². The van der Waals surface area contributed by atoms with Gasteiger partial charge in [-0.05, 0) is 37.1 Å². The van der Waals surface area contributed by atoms with E-state index in [2.05, 4.69) is 20.5 Å². The summed E-state index contributed by atoms with van der Waals surface area (Å²) in [6.07, 6.45) is 2.30. The van der Waals surface area contributed by atoms with Crippen LogP contribution in [0.25, 0.3) is 0 Å². The second-order valence-electron chi connectivity index (χ2n) is 4.25. The molecule has 2 N–H and O–H groups in total. The van der Waals surface area contributed by atoms with Gasteiger partial charge in [-0.15, -0.1) is 0 Å². The lowest BCUT2D eigenvalue weighted by Gasteiger charge is -2.07. The molecular formula is C13H15ClN4O2. The van der Waals surface area contributed by atoms with Gasteiger partial charge in [0.2, 0.25) is 11.9 Å². The van der Waals surface area contributed by atoms with Crippen LogP contribution in [0.2, 0.25) is 5.02 Å². The van der Waals surface area contributed by atoms with Gasteiger partial charge in [0, 0.05) is 11.4 Å². The van der Waals surface area contributed by atoms with Crippen LogP contribution in [0.5, 0.6) is 5.75 Å². The molecular weight excluding hydrogens is 280 g/mol. The molecule has 0 aliphatic carbocycles. The lowest BCUT2D eigenvalue weighted by Crippen LogP contribution is -2.13. The number of H-pyrrole nitrogens is 1. The lowest BCUT2D eigenvalue weighted by atomic mass is 10.2. The van der Waals surface area contributed by atoms with Crippen molar-refractivity contribution in [3.05, 3.63) is 35.1 Å². The van der Waals surface area contributed by atoms with Gasteiger partial charge >= 0.3 is 0 Å². The van der Waals surface area contributed by atoms with Gasteiger partial charge in [-0.2, -0.15) is 10.1 Å². The summed E-state index contributed by atoms with van der Waals surface area (Å²) in [4.78, 5) is 15.4. The Hall–Kier alpha value is -2.08. The molecule has 1 heterocycles. The van der Waals surface area contributed by atoms with E-state index >= 15 is 0 Å². The molecule has 0 spiro atoms. The average Bonchev–Trinajstić information content (AvgIpc) is 2.91. The van der Waals surface area contributed by atoms with E-state index in [1.54, 1.807) is 6.07 Å². The van der Waals surface area contributed by atoms with Crippen LogP contribution >= 0.6 is 11.6 Å². The summed E-state index contributed by atoms with van der Waals surface area (Å²) in [5.74, 6) is 0.976. The second kappa shape index (κ2) is 6.91. The summed E-state index contributed by atoms with van der Waals surface area (Å²) in [7, 11) is 0. The summed E-state index contributed by atoms with van der Waals surface area (Å²) in [5.41, 5.74) is 0.965. The van der Waals surface area contributed by atoms with Gasteiger partial charge in [-0.25, -0.2) is 5.10 Å². The van der Waals surface area contributed by atoms with Crippen LogP contribution in [0.4, 0.5) is 5.95 Å². The van der Waals surface area contributed by atoms with Gasteiger partial charge < -0.3 is 4.74 Å². The molecule has 7 heteroatoms. The van der Waals surface area contributed by atoms with Crippen LogP contribution in [-0.4, -0.2) is 27.7 Å². The zero-order valence-corrected chi connectivity index (χ0v) is 11.8. The predicted octanol–water partition coefficient (Wildman–Crippen LogP) is 2.56. The first-order valence-electron chi connectivity index (χ1n) is 6.19. The number of aromatic amines is 1. The van der Waals surface area contributed by atoms with E-state index in [1.165, 1.54) is 6.33 Å². The molecule has 1 aromatic heterocycles. The molecule has 0 saturated carbocycles. The standard InChI is InChI=1S/C13H15ClN4O2/c1-9-7-10(4-5-11(9)14)20-6-2-3-12(19)17-13-15-8-16-18-13/h4-5,7-8H,2-3,6H2,1H3,(H2,15,16,17,18,19). The Labute approximate surface area is 121 Å². The molecule has 0 atom stereocenters. The van der Waals surface area contributed by atoms with Gasteiger partial charge in [-0.3, -0.25) is 10.1 Å². The molecule has 0 saturated heterocycles. The van der Waals surface area contributed by atoms with Crippen molar-refractivity contribution in [2.24, 2.45) is 0 Å². The first kappa shape index (κ1) is 14.3. The van der Waals surface area contributed by atoms with Crippen molar-refractivity contribution in [1.29, 1.82) is 0 Å². The van der Waals surface area contributed by atoms with Crippen LogP contribution in [0.15, 0.2) is 24.5 Å². The van der Waals surface area contributed by atoms with E-state index in [9.17, 15) is 4.79 Å². The smallest absolute Gasteiger partial charge is 0.226 e. The molecule has 2 rings (SSSR count). The fraction of sp³-hybridized carbons (Fsp3) is 0.308. The molecule has 1 amide bonds. The average molecular weight is 295 g/mol. The number of amides is 1. The quantitative estimate of drug-likeness (QED) is 0.803. The number of halogens is 1. The molecule has 0 unspecified atom stereocenters. The second-order valence-corrected chi connectivity index (χ2v) is 4.65. The largest absolute Gasteiger partial charge is 0.494 e. The summed E-state index contributed by atoms with van der Waals surface area (Å²) in [5, 5.41) is 9.51. The molecule has 0 bridgehead atoms. The van der Waals surface area contributed by atoms with Crippen LogP contribution in [-0.2, 0) is 4.79 Å². The minimum atomic E-state index is -0.127. The Morgan fingerprint density at radius 2 is 2.35 bits per heavy atom. The van der Waals surface area contributed by atoms with Crippen molar-refractivity contribution < 1.29 is 9.53 Å². The number of nitrogens with zero attached hydrogens (tertiary/aromatic N) is 2. The van der Waals surface area contributed by atoms with Gasteiger partial charge in [0.15, 0.2) is 0 Å². The number of aromatic nitrogens is 3. The summed E-state index contributed by atoms with van der Waals surface area (Å²) < 4.78 is 5.55. The highest BCUT2D eigenvalue weighted by Crippen LogP contribution is 2.21. The summed E-state index contributed by atoms with van der Waals surface area (Å²) in [6.45, 7) is 2.38. The minimum absolute atomic E-state index is 0.127. The molecule has 0 fully saturated rings. The molecule has 106 valence electrons. The fourth-order valence-corrected chi connectivity index (χ4v) is 1.71. The molecule has 6 nitrogen and oxygen atoms in total. The number of carbonyl (C=O) groups is 1. The van der Waals surface area contributed by atoms with Crippen molar-refractivity contribution in [3.63, 3.8) is 0 Å². The predicted molar refractivity (Wildman–Crippen MR) is 75.9 cm³/mol. The van der Waals surface area contributed by atoms with E-state index in [1.807, 2.05) is 19.1 Å². The Bertz CT molecular complexity index is 572.